The molecule has 1 atom stereocenters. The van der Waals surface area contributed by atoms with E-state index in [2.05, 4.69) is 0 Å². The van der Waals surface area contributed by atoms with Gasteiger partial charge in [-0.15, -0.1) is 11.3 Å². The summed E-state index contributed by atoms with van der Waals surface area (Å²) in [6.45, 7) is 1.98. The van der Waals surface area contributed by atoms with Gasteiger partial charge < -0.3 is 14.4 Å². The molecule has 7 heteroatoms. The Morgan fingerprint density at radius 3 is 3.00 bits per heavy atom. The quantitative estimate of drug-likeness (QED) is 0.859. The largest absolute Gasteiger partial charge is 0.376 e. The average molecular weight is 344 g/mol. The molecule has 1 aromatic heterocycles. The van der Waals surface area contributed by atoms with E-state index >= 15 is 0 Å². The number of fused-ring (bicyclic) bond motifs is 1. The zero-order chi connectivity index (χ0) is 15.7. The van der Waals surface area contributed by atoms with Gasteiger partial charge in [0, 0.05) is 23.7 Å². The Labute approximate surface area is 136 Å². The van der Waals surface area contributed by atoms with Gasteiger partial charge >= 0.3 is 0 Å². The van der Waals surface area contributed by atoms with Crippen molar-refractivity contribution in [3.63, 3.8) is 0 Å². The number of hydrogen-bond acceptors (Lipinski definition) is 4. The summed E-state index contributed by atoms with van der Waals surface area (Å²) in [4.78, 5) is 14.4. The van der Waals surface area contributed by atoms with Gasteiger partial charge in [0.05, 0.1) is 30.9 Å². The number of ether oxygens (including phenoxy) is 2. The van der Waals surface area contributed by atoms with Gasteiger partial charge in [-0.25, -0.2) is 4.39 Å². The van der Waals surface area contributed by atoms with Crippen LogP contribution >= 0.6 is 22.9 Å². The molecule has 1 aliphatic rings. The number of halogens is 2. The van der Waals surface area contributed by atoms with E-state index in [9.17, 15) is 9.18 Å². The summed E-state index contributed by atoms with van der Waals surface area (Å²) in [7, 11) is 1.68. The second-order valence-electron chi connectivity index (χ2n) is 5.11. The lowest BCUT2D eigenvalue weighted by Crippen LogP contribution is -2.40. The first-order valence-electron chi connectivity index (χ1n) is 6.89. The second-order valence-corrected chi connectivity index (χ2v) is 6.54. The zero-order valence-electron chi connectivity index (χ0n) is 12.0. The molecule has 1 aliphatic heterocycles. The van der Waals surface area contributed by atoms with Gasteiger partial charge in [0.25, 0.3) is 5.91 Å². The fourth-order valence-corrected chi connectivity index (χ4v) is 3.96. The summed E-state index contributed by atoms with van der Waals surface area (Å²) in [5.41, 5.74) is 0. The molecule has 4 nitrogen and oxygen atoms in total. The molecule has 3 rings (SSSR count). The van der Waals surface area contributed by atoms with Gasteiger partial charge in [-0.3, -0.25) is 4.79 Å². The van der Waals surface area contributed by atoms with Crippen LogP contribution in [0.5, 0.6) is 0 Å². The second kappa shape index (κ2) is 6.50. The van der Waals surface area contributed by atoms with Crippen LogP contribution in [0.25, 0.3) is 10.1 Å². The summed E-state index contributed by atoms with van der Waals surface area (Å²) in [5, 5.41) is 0.485. The maximum absolute atomic E-state index is 13.9. The number of carbonyl (C=O) groups is 1. The molecule has 2 aromatic rings. The highest BCUT2D eigenvalue weighted by atomic mass is 35.5. The lowest BCUT2D eigenvalue weighted by molar-refractivity contribution is -0.0933. The van der Waals surface area contributed by atoms with Crippen molar-refractivity contribution in [1.29, 1.82) is 0 Å². The van der Waals surface area contributed by atoms with E-state index in [0.717, 1.165) is 0 Å². The number of likely N-dealkylation sites (N-methyl/N-ethyl adjacent to an activating group) is 1. The third-order valence-electron chi connectivity index (χ3n) is 3.51. The van der Waals surface area contributed by atoms with Crippen molar-refractivity contribution in [1.82, 2.24) is 4.90 Å². The third-order valence-corrected chi connectivity index (χ3v) is 5.14. The molecule has 0 saturated carbocycles. The SMILES string of the molecule is CN(C[C@@H]1COCCO1)C(=O)c1sc2cccc(F)c2c1Cl. The van der Waals surface area contributed by atoms with Crippen LogP contribution in [-0.2, 0) is 9.47 Å². The van der Waals surface area contributed by atoms with Crippen molar-refractivity contribution in [2.24, 2.45) is 0 Å². The van der Waals surface area contributed by atoms with Gasteiger partial charge in [0.2, 0.25) is 0 Å². The van der Waals surface area contributed by atoms with Crippen molar-refractivity contribution in [2.45, 2.75) is 6.10 Å². The highest BCUT2D eigenvalue weighted by Gasteiger charge is 2.25. The molecule has 1 fully saturated rings. The molecule has 0 radical (unpaired) electrons. The molecule has 0 unspecified atom stereocenters. The number of nitrogens with zero attached hydrogens (tertiary/aromatic N) is 1. The van der Waals surface area contributed by atoms with Crippen molar-refractivity contribution < 1.29 is 18.7 Å². The molecule has 22 heavy (non-hydrogen) atoms. The van der Waals surface area contributed by atoms with Gasteiger partial charge in [-0.05, 0) is 12.1 Å². The molecule has 1 saturated heterocycles. The lowest BCUT2D eigenvalue weighted by Gasteiger charge is -2.27. The minimum absolute atomic E-state index is 0.146. The Hall–Kier alpha value is -1.21. The summed E-state index contributed by atoms with van der Waals surface area (Å²) in [6, 6.07) is 4.70. The normalized spacial score (nSPS) is 18.6. The van der Waals surface area contributed by atoms with Crippen molar-refractivity contribution in [3.05, 3.63) is 33.9 Å². The molecule has 118 valence electrons. The van der Waals surface area contributed by atoms with E-state index in [1.54, 1.807) is 19.2 Å². The predicted molar refractivity (Wildman–Crippen MR) is 84.3 cm³/mol. The van der Waals surface area contributed by atoms with Gasteiger partial charge in [0.15, 0.2) is 0 Å². The molecule has 0 bridgehead atoms. The van der Waals surface area contributed by atoms with Crippen LogP contribution in [0.3, 0.4) is 0 Å². The third kappa shape index (κ3) is 2.96. The van der Waals surface area contributed by atoms with E-state index in [1.807, 2.05) is 0 Å². The first-order chi connectivity index (χ1) is 10.6. The van der Waals surface area contributed by atoms with Crippen molar-refractivity contribution in [3.8, 4) is 0 Å². The van der Waals surface area contributed by atoms with E-state index < -0.39 is 5.82 Å². The van der Waals surface area contributed by atoms with Crippen LogP contribution in [0.4, 0.5) is 4.39 Å². The molecular weight excluding hydrogens is 329 g/mol. The minimum Gasteiger partial charge on any atom is -0.376 e. The number of carbonyl (C=O) groups excluding carboxylic acids is 1. The molecule has 1 amide bonds. The molecule has 0 N–H and O–H groups in total. The summed E-state index contributed by atoms with van der Waals surface area (Å²) in [5.74, 6) is -0.649. The maximum Gasteiger partial charge on any atom is 0.265 e. The van der Waals surface area contributed by atoms with Crippen LogP contribution < -0.4 is 0 Å². The minimum atomic E-state index is -0.413. The smallest absolute Gasteiger partial charge is 0.265 e. The molecule has 2 heterocycles. The van der Waals surface area contributed by atoms with Crippen LogP contribution in [-0.4, -0.2) is 50.3 Å². The standard InChI is InChI=1S/C15H15ClFNO3S/c1-18(7-9-8-20-5-6-21-9)15(19)14-13(16)12-10(17)3-2-4-11(12)22-14/h2-4,9H,5-8H2,1H3/t9-/m1/s1. The predicted octanol–water partition coefficient (Wildman–Crippen LogP) is 3.18. The van der Waals surface area contributed by atoms with E-state index in [-0.39, 0.29) is 17.0 Å². The number of thiophene rings is 1. The van der Waals surface area contributed by atoms with Crippen LogP contribution in [0.2, 0.25) is 5.02 Å². The summed E-state index contributed by atoms with van der Waals surface area (Å²) >= 11 is 7.41. The van der Waals surface area contributed by atoms with E-state index in [0.29, 0.717) is 41.3 Å². The fourth-order valence-electron chi connectivity index (χ4n) is 2.41. The van der Waals surface area contributed by atoms with Gasteiger partial charge in [-0.2, -0.15) is 0 Å². The van der Waals surface area contributed by atoms with Gasteiger partial charge in [0.1, 0.15) is 10.7 Å². The average Bonchev–Trinajstić information content (AvgIpc) is 2.86. The molecule has 1 aromatic carbocycles. The highest BCUT2D eigenvalue weighted by Crippen LogP contribution is 2.37. The Balaban J connectivity index is 1.82. The Morgan fingerprint density at radius 1 is 1.50 bits per heavy atom. The van der Waals surface area contributed by atoms with E-state index in [1.165, 1.54) is 22.3 Å². The monoisotopic (exact) mass is 343 g/mol. The Kier molecular flexibility index (Phi) is 4.63. The number of amides is 1. The highest BCUT2D eigenvalue weighted by molar-refractivity contribution is 7.21. The molecule has 0 spiro atoms. The summed E-state index contributed by atoms with van der Waals surface area (Å²) in [6.07, 6.45) is -0.146. The van der Waals surface area contributed by atoms with Crippen LogP contribution in [0, 0.1) is 5.82 Å². The molecule has 0 aliphatic carbocycles. The van der Waals surface area contributed by atoms with E-state index in [4.69, 9.17) is 21.1 Å². The first kappa shape index (κ1) is 15.7. The Bertz CT molecular complexity index is 699. The number of rotatable bonds is 3. The maximum atomic E-state index is 13.9. The zero-order valence-corrected chi connectivity index (χ0v) is 13.5. The summed E-state index contributed by atoms with van der Waals surface area (Å²) < 4.78 is 25.4. The van der Waals surface area contributed by atoms with Gasteiger partial charge in [-0.1, -0.05) is 17.7 Å². The number of hydrogen-bond donors (Lipinski definition) is 0. The van der Waals surface area contributed by atoms with Crippen molar-refractivity contribution in [2.75, 3.05) is 33.4 Å². The molecular formula is C15H15ClFNO3S. The van der Waals surface area contributed by atoms with Crippen LogP contribution in [0.15, 0.2) is 18.2 Å². The van der Waals surface area contributed by atoms with Crippen molar-refractivity contribution >= 4 is 38.9 Å². The van der Waals surface area contributed by atoms with Crippen LogP contribution in [0.1, 0.15) is 9.67 Å². The lowest BCUT2D eigenvalue weighted by atomic mass is 10.2. The first-order valence-corrected chi connectivity index (χ1v) is 8.08. The number of benzene rings is 1. The topological polar surface area (TPSA) is 38.8 Å². The Morgan fingerprint density at radius 2 is 2.32 bits per heavy atom. The fraction of sp³-hybridized carbons (Fsp3) is 0.400.